The third kappa shape index (κ3) is 4.15. The van der Waals surface area contributed by atoms with Crippen LogP contribution in [0, 0.1) is 10.1 Å². The Balaban J connectivity index is 0.00000220. The summed E-state index contributed by atoms with van der Waals surface area (Å²) in [5, 5.41) is 14.0. The lowest BCUT2D eigenvalue weighted by Crippen LogP contribution is -2.41. The Hall–Kier alpha value is -1.66. The molecule has 21 heavy (non-hydrogen) atoms. The lowest BCUT2D eigenvalue weighted by molar-refractivity contribution is -0.385. The summed E-state index contributed by atoms with van der Waals surface area (Å²) in [7, 11) is 1.86. The molecule has 0 aromatic heterocycles. The van der Waals surface area contributed by atoms with E-state index in [-0.39, 0.29) is 36.5 Å². The fourth-order valence-electron chi connectivity index (χ4n) is 2.71. The van der Waals surface area contributed by atoms with Crippen molar-refractivity contribution in [2.75, 3.05) is 20.1 Å². The number of likely N-dealkylation sites (N-methyl/N-ethyl adjacent to an activating group) is 1. The van der Waals surface area contributed by atoms with Crippen molar-refractivity contribution < 1.29 is 9.72 Å². The van der Waals surface area contributed by atoms with Crippen LogP contribution in [0.3, 0.4) is 0 Å². The SMILES string of the molecule is CNCC1CCCN1C(=O)Cc1ccccc1[N+](=O)[O-].Cl. The number of carbonyl (C=O) groups excluding carboxylic acids is 1. The number of halogens is 1. The van der Waals surface area contributed by atoms with E-state index in [4.69, 9.17) is 0 Å². The Morgan fingerprint density at radius 1 is 1.48 bits per heavy atom. The van der Waals surface area contributed by atoms with Crippen LogP contribution in [-0.4, -0.2) is 41.9 Å². The van der Waals surface area contributed by atoms with Crippen molar-refractivity contribution in [2.24, 2.45) is 0 Å². The summed E-state index contributed by atoms with van der Waals surface area (Å²) in [4.78, 5) is 24.7. The summed E-state index contributed by atoms with van der Waals surface area (Å²) in [6.45, 7) is 1.51. The number of nitro benzene ring substituents is 1. The number of nitro groups is 1. The number of hydrogen-bond donors (Lipinski definition) is 1. The van der Waals surface area contributed by atoms with Gasteiger partial charge in [-0.1, -0.05) is 18.2 Å². The molecule has 116 valence electrons. The maximum Gasteiger partial charge on any atom is 0.273 e. The third-order valence-corrected chi connectivity index (χ3v) is 3.67. The van der Waals surface area contributed by atoms with Gasteiger partial charge in [-0.2, -0.15) is 0 Å². The summed E-state index contributed by atoms with van der Waals surface area (Å²) in [5.74, 6) is -0.0305. The molecule has 7 heteroatoms. The molecule has 0 radical (unpaired) electrons. The average molecular weight is 314 g/mol. The van der Waals surface area contributed by atoms with E-state index in [1.54, 1.807) is 18.2 Å². The zero-order valence-corrected chi connectivity index (χ0v) is 12.8. The Bertz CT molecular complexity index is 510. The molecule has 1 atom stereocenters. The summed E-state index contributed by atoms with van der Waals surface area (Å²) in [6.07, 6.45) is 2.08. The van der Waals surface area contributed by atoms with Crippen LogP contribution in [0.15, 0.2) is 24.3 Å². The first-order valence-electron chi connectivity index (χ1n) is 6.80. The third-order valence-electron chi connectivity index (χ3n) is 3.67. The van der Waals surface area contributed by atoms with Gasteiger partial charge in [0.05, 0.1) is 11.3 Å². The molecule has 0 bridgehead atoms. The molecular weight excluding hydrogens is 294 g/mol. The molecule has 1 saturated heterocycles. The molecule has 6 nitrogen and oxygen atoms in total. The maximum atomic E-state index is 12.4. The van der Waals surface area contributed by atoms with Crippen molar-refractivity contribution in [3.63, 3.8) is 0 Å². The molecule has 1 aromatic rings. The summed E-state index contributed by atoms with van der Waals surface area (Å²) in [6, 6.07) is 6.64. The molecule has 1 N–H and O–H groups in total. The molecule has 1 aliphatic rings. The normalized spacial score (nSPS) is 17.4. The second kappa shape index (κ2) is 7.95. The van der Waals surface area contributed by atoms with Gasteiger partial charge in [-0.15, -0.1) is 12.4 Å². The molecular formula is C14H20ClN3O3. The quantitative estimate of drug-likeness (QED) is 0.664. The van der Waals surface area contributed by atoms with E-state index in [1.807, 2.05) is 11.9 Å². The van der Waals surface area contributed by atoms with E-state index >= 15 is 0 Å². The van der Waals surface area contributed by atoms with Gasteiger partial charge in [-0.25, -0.2) is 0 Å². The number of nitrogens with zero attached hydrogens (tertiary/aromatic N) is 2. The predicted molar refractivity (Wildman–Crippen MR) is 82.7 cm³/mol. The van der Waals surface area contributed by atoms with Crippen LogP contribution in [0.2, 0.25) is 0 Å². The minimum Gasteiger partial charge on any atom is -0.338 e. The van der Waals surface area contributed by atoms with Crippen LogP contribution in [-0.2, 0) is 11.2 Å². The zero-order chi connectivity index (χ0) is 14.5. The molecule has 1 unspecified atom stereocenters. The van der Waals surface area contributed by atoms with Gasteiger partial charge in [-0.3, -0.25) is 14.9 Å². The molecule has 1 heterocycles. The average Bonchev–Trinajstić information content (AvgIpc) is 2.88. The number of rotatable bonds is 5. The van der Waals surface area contributed by atoms with Gasteiger partial charge in [0.25, 0.3) is 5.69 Å². The van der Waals surface area contributed by atoms with Crippen molar-refractivity contribution in [1.82, 2.24) is 10.2 Å². The number of likely N-dealkylation sites (tertiary alicyclic amines) is 1. The first-order chi connectivity index (χ1) is 9.63. The van der Waals surface area contributed by atoms with E-state index < -0.39 is 4.92 Å². The monoisotopic (exact) mass is 313 g/mol. The van der Waals surface area contributed by atoms with Gasteiger partial charge in [0, 0.05) is 30.8 Å². The molecule has 0 spiro atoms. The van der Waals surface area contributed by atoms with Gasteiger partial charge in [0.2, 0.25) is 5.91 Å². The Morgan fingerprint density at radius 2 is 2.19 bits per heavy atom. The first-order valence-corrected chi connectivity index (χ1v) is 6.80. The van der Waals surface area contributed by atoms with Crippen molar-refractivity contribution >= 4 is 24.0 Å². The zero-order valence-electron chi connectivity index (χ0n) is 11.9. The molecule has 1 amide bonds. The second-order valence-electron chi connectivity index (χ2n) is 5.00. The Labute approximate surface area is 130 Å². The number of benzene rings is 1. The van der Waals surface area contributed by atoms with E-state index in [9.17, 15) is 14.9 Å². The number of amides is 1. The number of hydrogen-bond acceptors (Lipinski definition) is 4. The molecule has 1 aromatic carbocycles. The van der Waals surface area contributed by atoms with Crippen LogP contribution in [0.4, 0.5) is 5.69 Å². The van der Waals surface area contributed by atoms with E-state index in [1.165, 1.54) is 6.07 Å². The highest BCUT2D eigenvalue weighted by atomic mass is 35.5. The lowest BCUT2D eigenvalue weighted by Gasteiger charge is -2.24. The summed E-state index contributed by atoms with van der Waals surface area (Å²) < 4.78 is 0. The fourth-order valence-corrected chi connectivity index (χ4v) is 2.71. The van der Waals surface area contributed by atoms with Crippen molar-refractivity contribution in [3.8, 4) is 0 Å². The van der Waals surface area contributed by atoms with Crippen LogP contribution < -0.4 is 5.32 Å². The Morgan fingerprint density at radius 3 is 2.86 bits per heavy atom. The number of carbonyl (C=O) groups is 1. The van der Waals surface area contributed by atoms with E-state index in [0.717, 1.165) is 25.9 Å². The Kier molecular flexibility index (Phi) is 6.58. The first kappa shape index (κ1) is 17.4. The minimum absolute atomic E-state index is 0. The molecule has 1 fully saturated rings. The molecule has 2 rings (SSSR count). The summed E-state index contributed by atoms with van der Waals surface area (Å²) >= 11 is 0. The van der Waals surface area contributed by atoms with Crippen molar-refractivity contribution in [3.05, 3.63) is 39.9 Å². The van der Waals surface area contributed by atoms with E-state index in [2.05, 4.69) is 5.32 Å². The maximum absolute atomic E-state index is 12.4. The highest BCUT2D eigenvalue weighted by Gasteiger charge is 2.29. The van der Waals surface area contributed by atoms with Crippen LogP contribution in [0.25, 0.3) is 0 Å². The lowest BCUT2D eigenvalue weighted by atomic mass is 10.1. The van der Waals surface area contributed by atoms with Crippen LogP contribution in [0.1, 0.15) is 18.4 Å². The molecule has 0 saturated carbocycles. The molecule has 1 aliphatic heterocycles. The van der Waals surface area contributed by atoms with Gasteiger partial charge < -0.3 is 10.2 Å². The van der Waals surface area contributed by atoms with Crippen LogP contribution in [0.5, 0.6) is 0 Å². The predicted octanol–water partition coefficient (Wildman–Crippen LogP) is 1.77. The van der Waals surface area contributed by atoms with Crippen molar-refractivity contribution in [1.29, 1.82) is 0 Å². The highest BCUT2D eigenvalue weighted by molar-refractivity contribution is 5.85. The van der Waals surface area contributed by atoms with Crippen LogP contribution >= 0.6 is 12.4 Å². The number of nitrogens with one attached hydrogen (secondary N) is 1. The van der Waals surface area contributed by atoms with Gasteiger partial charge in [-0.05, 0) is 19.9 Å². The smallest absolute Gasteiger partial charge is 0.273 e. The standard InChI is InChI=1S/C14H19N3O3.ClH/c1-15-10-12-6-4-8-16(12)14(18)9-11-5-2-3-7-13(11)17(19)20;/h2-3,5,7,12,15H,4,6,8-10H2,1H3;1H. The molecule has 0 aliphatic carbocycles. The van der Waals surface area contributed by atoms with Gasteiger partial charge in [0.1, 0.15) is 0 Å². The topological polar surface area (TPSA) is 75.5 Å². The van der Waals surface area contributed by atoms with Gasteiger partial charge >= 0.3 is 0 Å². The minimum atomic E-state index is -0.433. The second-order valence-corrected chi connectivity index (χ2v) is 5.00. The van der Waals surface area contributed by atoms with E-state index in [0.29, 0.717) is 5.56 Å². The number of para-hydroxylation sites is 1. The van der Waals surface area contributed by atoms with Gasteiger partial charge in [0.15, 0.2) is 0 Å². The highest BCUT2D eigenvalue weighted by Crippen LogP contribution is 2.22. The fraction of sp³-hybridized carbons (Fsp3) is 0.500. The summed E-state index contributed by atoms with van der Waals surface area (Å²) in [5.41, 5.74) is 0.503. The largest absolute Gasteiger partial charge is 0.338 e. The van der Waals surface area contributed by atoms with Crippen molar-refractivity contribution in [2.45, 2.75) is 25.3 Å².